The van der Waals surface area contributed by atoms with Crippen LogP contribution in [0.2, 0.25) is 0 Å². The predicted octanol–water partition coefficient (Wildman–Crippen LogP) is 5.16. The third-order valence-corrected chi connectivity index (χ3v) is 5.38. The Hall–Kier alpha value is -5.04. The molecule has 0 spiro atoms. The van der Waals surface area contributed by atoms with Gasteiger partial charge in [0, 0.05) is 16.8 Å². The maximum atomic E-state index is 12.5. The van der Waals surface area contributed by atoms with E-state index in [1.54, 1.807) is 66.7 Å². The first kappa shape index (κ1) is 25.1. The molecular formula is C30H25N3O4. The second-order valence-electron chi connectivity index (χ2n) is 8.28. The van der Waals surface area contributed by atoms with Crippen molar-refractivity contribution in [3.05, 3.63) is 131 Å². The van der Waals surface area contributed by atoms with Gasteiger partial charge in [-0.3, -0.25) is 9.59 Å². The Morgan fingerprint density at radius 3 is 2.30 bits per heavy atom. The van der Waals surface area contributed by atoms with Crippen molar-refractivity contribution in [3.8, 4) is 5.75 Å². The van der Waals surface area contributed by atoms with Gasteiger partial charge in [0.05, 0.1) is 18.2 Å². The lowest BCUT2D eigenvalue weighted by atomic mass is 10.1. The highest BCUT2D eigenvalue weighted by molar-refractivity contribution is 5.97. The van der Waals surface area contributed by atoms with E-state index in [0.717, 1.165) is 11.1 Å². The molecule has 4 rings (SSSR count). The first-order chi connectivity index (χ1) is 18.0. The van der Waals surface area contributed by atoms with Gasteiger partial charge < -0.3 is 10.1 Å². The number of amides is 2. The molecule has 0 radical (unpaired) electrons. The molecular weight excluding hydrogens is 466 g/mol. The molecule has 0 atom stereocenters. The fourth-order valence-corrected chi connectivity index (χ4v) is 3.53. The van der Waals surface area contributed by atoms with E-state index in [4.69, 9.17) is 4.74 Å². The molecule has 4 aromatic rings. The topological polar surface area (TPSA) is 96.9 Å². The predicted molar refractivity (Wildman–Crippen MR) is 143 cm³/mol. The van der Waals surface area contributed by atoms with Crippen molar-refractivity contribution in [1.29, 1.82) is 0 Å². The lowest BCUT2D eigenvalue weighted by Crippen LogP contribution is -2.18. The number of hydrazone groups is 1. The van der Waals surface area contributed by atoms with Crippen molar-refractivity contribution in [2.45, 2.75) is 13.3 Å². The van der Waals surface area contributed by atoms with E-state index in [-0.39, 0.29) is 12.3 Å². The normalized spacial score (nSPS) is 10.6. The van der Waals surface area contributed by atoms with Gasteiger partial charge in [-0.25, -0.2) is 10.2 Å². The lowest BCUT2D eigenvalue weighted by Gasteiger charge is -2.08. The van der Waals surface area contributed by atoms with Crippen LogP contribution in [0.1, 0.15) is 37.4 Å². The summed E-state index contributed by atoms with van der Waals surface area (Å²) in [6.07, 6.45) is 1.68. The minimum atomic E-state index is -0.482. The number of hydrogen-bond donors (Lipinski definition) is 2. The molecule has 0 bridgehead atoms. The van der Waals surface area contributed by atoms with E-state index in [0.29, 0.717) is 28.1 Å². The summed E-state index contributed by atoms with van der Waals surface area (Å²) in [6.45, 7) is 1.90. The minimum absolute atomic E-state index is 0.144. The second-order valence-corrected chi connectivity index (χ2v) is 8.28. The smallest absolute Gasteiger partial charge is 0.343 e. The third kappa shape index (κ3) is 7.22. The first-order valence-electron chi connectivity index (χ1n) is 11.6. The number of hydrogen-bond acceptors (Lipinski definition) is 5. The molecule has 0 fully saturated rings. The molecule has 37 heavy (non-hydrogen) atoms. The van der Waals surface area contributed by atoms with Gasteiger partial charge in [-0.05, 0) is 61.0 Å². The number of carbonyl (C=O) groups excluding carboxylic acids is 3. The van der Waals surface area contributed by atoms with Crippen molar-refractivity contribution in [2.24, 2.45) is 5.10 Å². The van der Waals surface area contributed by atoms with Crippen LogP contribution < -0.4 is 15.5 Å². The Bertz CT molecular complexity index is 1430. The van der Waals surface area contributed by atoms with Crippen LogP contribution in [0.5, 0.6) is 5.75 Å². The standard InChI is InChI=1S/C30H25N3O4/c1-21-8-7-12-24(18-21)30(36)37-27-13-6-5-11-25(27)20-31-33-29(35)23-14-16-26(17-15-23)32-28(34)19-22-9-3-2-4-10-22/h2-18,20H,19H2,1H3,(H,32,34)(H,33,35)/b31-20-. The van der Waals surface area contributed by atoms with Gasteiger partial charge in [0.25, 0.3) is 5.91 Å². The van der Waals surface area contributed by atoms with Crippen LogP contribution >= 0.6 is 0 Å². The Labute approximate surface area is 214 Å². The Kier molecular flexibility index (Phi) is 8.18. The van der Waals surface area contributed by atoms with Gasteiger partial charge in [0.2, 0.25) is 5.91 Å². The zero-order valence-electron chi connectivity index (χ0n) is 20.2. The highest BCUT2D eigenvalue weighted by Crippen LogP contribution is 2.18. The molecule has 0 aliphatic heterocycles. The summed E-state index contributed by atoms with van der Waals surface area (Å²) in [5.41, 5.74) is 6.27. The Morgan fingerprint density at radius 1 is 0.811 bits per heavy atom. The summed E-state index contributed by atoms with van der Waals surface area (Å²) in [6, 6.07) is 30.0. The van der Waals surface area contributed by atoms with Gasteiger partial charge in [0.15, 0.2) is 0 Å². The molecule has 0 heterocycles. The van der Waals surface area contributed by atoms with E-state index in [1.807, 2.05) is 43.3 Å². The molecule has 0 aliphatic rings. The number of ether oxygens (including phenoxy) is 1. The van der Waals surface area contributed by atoms with E-state index in [1.165, 1.54) is 6.21 Å². The molecule has 0 saturated carbocycles. The number of esters is 1. The quantitative estimate of drug-likeness (QED) is 0.154. The van der Waals surface area contributed by atoms with Gasteiger partial charge >= 0.3 is 5.97 Å². The summed E-state index contributed by atoms with van der Waals surface area (Å²) in [7, 11) is 0. The van der Waals surface area contributed by atoms with E-state index in [9.17, 15) is 14.4 Å². The summed E-state index contributed by atoms with van der Waals surface area (Å²) in [5.74, 6) is -0.727. The number of benzene rings is 4. The zero-order chi connectivity index (χ0) is 26.0. The summed E-state index contributed by atoms with van der Waals surface area (Å²) >= 11 is 0. The summed E-state index contributed by atoms with van der Waals surface area (Å²) < 4.78 is 5.53. The molecule has 2 N–H and O–H groups in total. The summed E-state index contributed by atoms with van der Waals surface area (Å²) in [5, 5.41) is 6.82. The van der Waals surface area contributed by atoms with Crippen molar-refractivity contribution < 1.29 is 19.1 Å². The number of para-hydroxylation sites is 1. The van der Waals surface area contributed by atoms with Crippen LogP contribution in [0.3, 0.4) is 0 Å². The number of aryl methyl sites for hydroxylation is 1. The van der Waals surface area contributed by atoms with E-state index in [2.05, 4.69) is 15.8 Å². The monoisotopic (exact) mass is 491 g/mol. The number of nitrogens with one attached hydrogen (secondary N) is 2. The molecule has 0 saturated heterocycles. The molecule has 184 valence electrons. The van der Waals surface area contributed by atoms with Crippen LogP contribution in [0.15, 0.2) is 108 Å². The van der Waals surface area contributed by atoms with Crippen molar-refractivity contribution >= 4 is 29.7 Å². The fourth-order valence-electron chi connectivity index (χ4n) is 3.53. The minimum Gasteiger partial charge on any atom is -0.422 e. The Morgan fingerprint density at radius 2 is 1.54 bits per heavy atom. The zero-order valence-corrected chi connectivity index (χ0v) is 20.2. The molecule has 2 amide bonds. The van der Waals surface area contributed by atoms with Crippen molar-refractivity contribution in [3.63, 3.8) is 0 Å². The van der Waals surface area contributed by atoms with Gasteiger partial charge in [-0.2, -0.15) is 5.10 Å². The number of carbonyl (C=O) groups is 3. The lowest BCUT2D eigenvalue weighted by molar-refractivity contribution is -0.115. The SMILES string of the molecule is Cc1cccc(C(=O)Oc2ccccc2/C=N\NC(=O)c2ccc(NC(=O)Cc3ccccc3)cc2)c1. The highest BCUT2D eigenvalue weighted by Gasteiger charge is 2.11. The molecule has 4 aromatic carbocycles. The van der Waals surface area contributed by atoms with Crippen molar-refractivity contribution in [1.82, 2.24) is 5.43 Å². The summed E-state index contributed by atoms with van der Waals surface area (Å²) in [4.78, 5) is 37.2. The van der Waals surface area contributed by atoms with Gasteiger partial charge in [-0.1, -0.05) is 60.2 Å². The van der Waals surface area contributed by atoms with Crippen LogP contribution in [0, 0.1) is 6.92 Å². The molecule has 0 unspecified atom stereocenters. The average molecular weight is 492 g/mol. The van der Waals surface area contributed by atoms with Gasteiger partial charge in [0.1, 0.15) is 5.75 Å². The van der Waals surface area contributed by atoms with Crippen LogP contribution in [0.4, 0.5) is 5.69 Å². The van der Waals surface area contributed by atoms with Crippen LogP contribution in [-0.2, 0) is 11.2 Å². The van der Waals surface area contributed by atoms with E-state index >= 15 is 0 Å². The first-order valence-corrected chi connectivity index (χ1v) is 11.6. The molecule has 7 heteroatoms. The van der Waals surface area contributed by atoms with Crippen LogP contribution in [-0.4, -0.2) is 24.0 Å². The van der Waals surface area contributed by atoms with E-state index < -0.39 is 11.9 Å². The maximum absolute atomic E-state index is 12.5. The average Bonchev–Trinajstić information content (AvgIpc) is 2.90. The van der Waals surface area contributed by atoms with Gasteiger partial charge in [-0.15, -0.1) is 0 Å². The number of anilines is 1. The number of rotatable bonds is 8. The maximum Gasteiger partial charge on any atom is 0.343 e. The molecule has 7 nitrogen and oxygen atoms in total. The number of nitrogens with zero attached hydrogens (tertiary/aromatic N) is 1. The van der Waals surface area contributed by atoms with Crippen molar-refractivity contribution in [2.75, 3.05) is 5.32 Å². The third-order valence-electron chi connectivity index (χ3n) is 5.38. The highest BCUT2D eigenvalue weighted by atomic mass is 16.5. The fraction of sp³-hybridized carbons (Fsp3) is 0.0667. The van der Waals surface area contributed by atoms with Crippen LogP contribution in [0.25, 0.3) is 0 Å². The largest absolute Gasteiger partial charge is 0.422 e. The Balaban J connectivity index is 1.33. The molecule has 0 aromatic heterocycles. The second kappa shape index (κ2) is 12.1. The molecule has 0 aliphatic carbocycles.